The molecule has 27 heavy (non-hydrogen) atoms. The first-order valence-corrected chi connectivity index (χ1v) is 10.3. The number of aliphatic imine (C=N–C) groups is 1. The van der Waals surface area contributed by atoms with Crippen LogP contribution in [0.4, 0.5) is 13.2 Å². The number of likely N-dealkylation sites (tertiary alicyclic amines) is 1. The molecule has 3 rings (SSSR count). The first kappa shape index (κ1) is 20.4. The third kappa shape index (κ3) is 5.83. The highest BCUT2D eigenvalue weighted by Crippen LogP contribution is 2.25. The first-order chi connectivity index (χ1) is 12.8. The third-order valence-electron chi connectivity index (χ3n) is 5.27. The molecule has 5 nitrogen and oxygen atoms in total. The molecule has 1 aromatic rings. The van der Waals surface area contributed by atoms with E-state index in [1.165, 1.54) is 15.3 Å². The molecule has 1 aromatic heterocycles. The molecular weight excluding hydrogens is 375 g/mol. The van der Waals surface area contributed by atoms with Crippen molar-refractivity contribution < 1.29 is 13.2 Å². The lowest BCUT2D eigenvalue weighted by Gasteiger charge is -2.33. The zero-order valence-corrected chi connectivity index (χ0v) is 16.7. The van der Waals surface area contributed by atoms with Gasteiger partial charge in [-0.05, 0) is 36.8 Å². The molecule has 9 heteroatoms. The van der Waals surface area contributed by atoms with Gasteiger partial charge in [0, 0.05) is 56.7 Å². The van der Waals surface area contributed by atoms with E-state index in [2.05, 4.69) is 38.9 Å². The van der Waals surface area contributed by atoms with Crippen LogP contribution >= 0.6 is 11.3 Å². The fourth-order valence-electron chi connectivity index (χ4n) is 3.76. The van der Waals surface area contributed by atoms with Crippen LogP contribution in [0.3, 0.4) is 0 Å². The number of guanidine groups is 1. The number of hydrogen-bond donors (Lipinski definition) is 2. The minimum atomic E-state index is -4.14. The van der Waals surface area contributed by atoms with Crippen molar-refractivity contribution in [3.05, 3.63) is 21.9 Å². The van der Waals surface area contributed by atoms with Crippen molar-refractivity contribution in [1.82, 2.24) is 20.4 Å². The molecule has 0 radical (unpaired) electrons. The molecule has 0 bridgehead atoms. The van der Waals surface area contributed by atoms with E-state index < -0.39 is 12.7 Å². The number of nitrogens with zero attached hydrogens (tertiary/aromatic N) is 3. The lowest BCUT2D eigenvalue weighted by molar-refractivity contribution is -0.143. The zero-order valence-electron chi connectivity index (χ0n) is 15.9. The van der Waals surface area contributed by atoms with Crippen molar-refractivity contribution in [3.63, 3.8) is 0 Å². The van der Waals surface area contributed by atoms with E-state index in [1.54, 1.807) is 7.05 Å². The van der Waals surface area contributed by atoms with E-state index in [0.717, 1.165) is 26.1 Å². The molecule has 1 saturated heterocycles. The summed E-state index contributed by atoms with van der Waals surface area (Å²) in [5.41, 5.74) is 1.43. The molecule has 2 aliphatic rings. The van der Waals surface area contributed by atoms with Gasteiger partial charge >= 0.3 is 6.18 Å². The number of alkyl halides is 3. The van der Waals surface area contributed by atoms with Gasteiger partial charge in [-0.15, -0.1) is 11.3 Å². The first-order valence-electron chi connectivity index (χ1n) is 9.39. The number of halogens is 3. The smallest absolute Gasteiger partial charge is 0.355 e. The van der Waals surface area contributed by atoms with Gasteiger partial charge in [-0.2, -0.15) is 13.2 Å². The van der Waals surface area contributed by atoms with Crippen molar-refractivity contribution in [2.75, 3.05) is 39.8 Å². The zero-order chi connectivity index (χ0) is 19.4. The van der Waals surface area contributed by atoms with E-state index in [0.29, 0.717) is 31.5 Å². The summed E-state index contributed by atoms with van der Waals surface area (Å²) in [6, 6.07) is 2.55. The molecule has 1 fully saturated rings. The van der Waals surface area contributed by atoms with Gasteiger partial charge < -0.3 is 10.6 Å². The Morgan fingerprint density at radius 1 is 1.41 bits per heavy atom. The molecule has 0 amide bonds. The molecule has 2 atom stereocenters. The van der Waals surface area contributed by atoms with Crippen LogP contribution in [0, 0.1) is 0 Å². The van der Waals surface area contributed by atoms with Gasteiger partial charge in [0.1, 0.15) is 0 Å². The van der Waals surface area contributed by atoms with Gasteiger partial charge in [0.05, 0.1) is 6.54 Å². The second-order valence-electron chi connectivity index (χ2n) is 7.37. The molecule has 0 spiro atoms. The lowest BCUT2D eigenvalue weighted by atomic mass is 10.1. The van der Waals surface area contributed by atoms with E-state index in [4.69, 9.17) is 0 Å². The Bertz CT molecular complexity index is 645. The predicted molar refractivity (Wildman–Crippen MR) is 103 cm³/mol. The number of thiophene rings is 1. The highest BCUT2D eigenvalue weighted by molar-refractivity contribution is 7.10. The second kappa shape index (κ2) is 8.79. The van der Waals surface area contributed by atoms with Gasteiger partial charge in [0.2, 0.25) is 0 Å². The summed E-state index contributed by atoms with van der Waals surface area (Å²) in [6.45, 7) is 4.98. The minimum Gasteiger partial charge on any atom is -0.355 e. The molecule has 2 aliphatic heterocycles. The Morgan fingerprint density at radius 3 is 2.96 bits per heavy atom. The van der Waals surface area contributed by atoms with Crippen LogP contribution in [0.15, 0.2) is 16.4 Å². The summed E-state index contributed by atoms with van der Waals surface area (Å²) in [4.78, 5) is 9.63. The Labute approximate surface area is 162 Å². The normalized spacial score (nSPS) is 23.3. The van der Waals surface area contributed by atoms with Crippen molar-refractivity contribution in [2.24, 2.45) is 4.99 Å². The van der Waals surface area contributed by atoms with Crippen LogP contribution in [0.25, 0.3) is 0 Å². The highest BCUT2D eigenvalue weighted by atomic mass is 32.1. The Morgan fingerprint density at radius 2 is 2.22 bits per heavy atom. The number of nitrogens with one attached hydrogen (secondary N) is 2. The second-order valence-corrected chi connectivity index (χ2v) is 8.37. The van der Waals surface area contributed by atoms with Crippen LogP contribution < -0.4 is 10.6 Å². The van der Waals surface area contributed by atoms with Crippen LogP contribution in [0.2, 0.25) is 0 Å². The number of hydrogen-bond acceptors (Lipinski definition) is 4. The molecule has 0 saturated carbocycles. The summed E-state index contributed by atoms with van der Waals surface area (Å²) in [5, 5.41) is 8.76. The maximum atomic E-state index is 12.5. The number of rotatable bonds is 5. The van der Waals surface area contributed by atoms with Crippen molar-refractivity contribution in [3.8, 4) is 0 Å². The fraction of sp³-hybridized carbons (Fsp3) is 0.722. The van der Waals surface area contributed by atoms with Crippen LogP contribution in [-0.4, -0.2) is 73.8 Å². The minimum absolute atomic E-state index is 0.00259. The van der Waals surface area contributed by atoms with Gasteiger partial charge in [-0.1, -0.05) is 0 Å². The van der Waals surface area contributed by atoms with Crippen LogP contribution in [-0.2, 0) is 13.0 Å². The Balaban J connectivity index is 1.42. The standard InChI is InChI=1S/C18H28F3N5S/c1-13(26-7-4-16-14(10-26)5-8-27-16)9-23-17(22-2)24-15-3-6-25(11-15)12-18(19,20)21/h5,8,13,15H,3-4,6-7,9-12H2,1-2H3,(H2,22,23,24). The van der Waals surface area contributed by atoms with Crippen molar-refractivity contribution in [1.29, 1.82) is 0 Å². The van der Waals surface area contributed by atoms with Crippen molar-refractivity contribution >= 4 is 17.3 Å². The quantitative estimate of drug-likeness (QED) is 0.585. The molecule has 2 N–H and O–H groups in total. The predicted octanol–water partition coefficient (Wildman–Crippen LogP) is 2.30. The Hall–Kier alpha value is -1.32. The SMILES string of the molecule is CN=C(NCC(C)N1CCc2sccc2C1)NC1CCN(CC(F)(F)F)C1. The van der Waals surface area contributed by atoms with Crippen molar-refractivity contribution in [2.45, 2.75) is 44.6 Å². The summed E-state index contributed by atoms with van der Waals surface area (Å²) >= 11 is 1.84. The average Bonchev–Trinajstić information content (AvgIpc) is 3.25. The third-order valence-corrected chi connectivity index (χ3v) is 6.29. The molecule has 152 valence electrons. The van der Waals surface area contributed by atoms with Crippen LogP contribution in [0.5, 0.6) is 0 Å². The van der Waals surface area contributed by atoms with E-state index in [1.807, 2.05) is 11.3 Å². The lowest BCUT2D eigenvalue weighted by Crippen LogP contribution is -2.49. The van der Waals surface area contributed by atoms with Gasteiger partial charge in [0.25, 0.3) is 0 Å². The molecule has 0 aliphatic carbocycles. The maximum Gasteiger partial charge on any atom is 0.401 e. The summed E-state index contributed by atoms with van der Waals surface area (Å²) in [6.07, 6.45) is -2.35. The molecular formula is C18H28F3N5S. The van der Waals surface area contributed by atoms with E-state index >= 15 is 0 Å². The largest absolute Gasteiger partial charge is 0.401 e. The van der Waals surface area contributed by atoms with E-state index in [9.17, 15) is 13.2 Å². The highest BCUT2D eigenvalue weighted by Gasteiger charge is 2.34. The molecule has 3 heterocycles. The average molecular weight is 404 g/mol. The summed E-state index contributed by atoms with van der Waals surface area (Å²) in [5.74, 6) is 0.661. The number of fused-ring (bicyclic) bond motifs is 1. The topological polar surface area (TPSA) is 42.9 Å². The monoisotopic (exact) mass is 403 g/mol. The van der Waals surface area contributed by atoms with Gasteiger partial charge in [-0.25, -0.2) is 0 Å². The van der Waals surface area contributed by atoms with Crippen LogP contribution in [0.1, 0.15) is 23.8 Å². The summed E-state index contributed by atoms with van der Waals surface area (Å²) < 4.78 is 37.6. The molecule has 2 unspecified atom stereocenters. The Kier molecular flexibility index (Phi) is 6.65. The van der Waals surface area contributed by atoms with Gasteiger partial charge in [-0.3, -0.25) is 14.8 Å². The van der Waals surface area contributed by atoms with E-state index in [-0.39, 0.29) is 6.04 Å². The maximum absolute atomic E-state index is 12.5. The molecule has 0 aromatic carbocycles. The summed E-state index contributed by atoms with van der Waals surface area (Å²) in [7, 11) is 1.70. The van der Waals surface area contributed by atoms with Gasteiger partial charge in [0.15, 0.2) is 5.96 Å². The fourth-order valence-corrected chi connectivity index (χ4v) is 4.65.